The van der Waals surface area contributed by atoms with E-state index in [0.29, 0.717) is 24.9 Å². The molecule has 46 heavy (non-hydrogen) atoms. The number of H-pyrrole nitrogens is 2. The van der Waals surface area contributed by atoms with Crippen LogP contribution in [0.2, 0.25) is 0 Å². The van der Waals surface area contributed by atoms with Crippen LogP contribution in [-0.2, 0) is 16.0 Å². The van der Waals surface area contributed by atoms with E-state index in [0.717, 1.165) is 71.1 Å². The van der Waals surface area contributed by atoms with Crippen molar-refractivity contribution in [1.29, 1.82) is 0 Å². The standard InChI is InChI=1S/C36H39N7O3/c1-43-19-3-4-32(43)35-39-22-31(42-35)28-13-9-25(10-14-28)6-5-24-7-11-27(12-8-24)30-21-37-33(41-30)18-17-29(26-15-16-26)20-38-34(44)23-40-36(45)46-2/h7-14,17,21-22,26,32H,3-4,15-16,18-20,23H2,1-2H3,(H,37,41)(H,38,44)(H,39,42)(H,40,45)/b29-17+. The van der Waals surface area contributed by atoms with Crippen molar-refractivity contribution in [2.45, 2.75) is 38.1 Å². The third kappa shape index (κ3) is 7.92. The molecule has 1 aliphatic heterocycles. The van der Waals surface area contributed by atoms with E-state index in [9.17, 15) is 9.59 Å². The highest BCUT2D eigenvalue weighted by molar-refractivity contribution is 5.82. The molecule has 1 aliphatic carbocycles. The summed E-state index contributed by atoms with van der Waals surface area (Å²) >= 11 is 0. The highest BCUT2D eigenvalue weighted by Crippen LogP contribution is 2.36. The van der Waals surface area contributed by atoms with E-state index in [1.807, 2.05) is 48.8 Å². The van der Waals surface area contributed by atoms with Gasteiger partial charge in [0.2, 0.25) is 5.91 Å². The molecule has 0 spiro atoms. The number of nitrogens with one attached hydrogen (secondary N) is 4. The summed E-state index contributed by atoms with van der Waals surface area (Å²) in [5, 5.41) is 5.26. The van der Waals surface area contributed by atoms with E-state index in [4.69, 9.17) is 0 Å². The summed E-state index contributed by atoms with van der Waals surface area (Å²) in [6.45, 7) is 1.46. The number of nitrogens with zero attached hydrogens (tertiary/aromatic N) is 3. The second-order valence-corrected chi connectivity index (χ2v) is 11.8. The summed E-state index contributed by atoms with van der Waals surface area (Å²) in [6.07, 6.45) is 10.5. The van der Waals surface area contributed by atoms with Gasteiger partial charge >= 0.3 is 6.09 Å². The molecule has 236 valence electrons. The van der Waals surface area contributed by atoms with Crippen LogP contribution in [0.5, 0.6) is 0 Å². The number of allylic oxidation sites excluding steroid dienone is 1. The zero-order valence-electron chi connectivity index (χ0n) is 26.2. The van der Waals surface area contributed by atoms with E-state index in [-0.39, 0.29) is 12.5 Å². The van der Waals surface area contributed by atoms with Crippen LogP contribution >= 0.6 is 0 Å². The van der Waals surface area contributed by atoms with Gasteiger partial charge in [0.15, 0.2) is 0 Å². The highest BCUT2D eigenvalue weighted by atomic mass is 16.5. The Labute approximate surface area is 269 Å². The molecule has 4 aromatic rings. The summed E-state index contributed by atoms with van der Waals surface area (Å²) in [7, 11) is 3.42. The lowest BCUT2D eigenvalue weighted by Gasteiger charge is -2.16. The van der Waals surface area contributed by atoms with Crippen LogP contribution in [0.4, 0.5) is 4.79 Å². The fourth-order valence-corrected chi connectivity index (χ4v) is 5.68. The third-order valence-corrected chi connectivity index (χ3v) is 8.53. The van der Waals surface area contributed by atoms with Gasteiger partial charge in [0.25, 0.3) is 0 Å². The number of carbonyl (C=O) groups is 2. The summed E-state index contributed by atoms with van der Waals surface area (Å²) in [5.74, 6) is 8.68. The Hall–Kier alpha value is -5.14. The van der Waals surface area contributed by atoms with Crippen molar-refractivity contribution in [1.82, 2.24) is 35.5 Å². The molecule has 0 radical (unpaired) electrons. The number of hydrogen-bond donors (Lipinski definition) is 4. The second kappa shape index (κ2) is 14.3. The van der Waals surface area contributed by atoms with Crippen molar-refractivity contribution < 1.29 is 14.3 Å². The van der Waals surface area contributed by atoms with Gasteiger partial charge in [-0.05, 0) is 80.6 Å². The molecule has 2 fully saturated rings. The van der Waals surface area contributed by atoms with E-state index in [1.165, 1.54) is 19.1 Å². The predicted octanol–water partition coefficient (Wildman–Crippen LogP) is 4.98. The monoisotopic (exact) mass is 617 g/mol. The zero-order chi connectivity index (χ0) is 31.9. The number of amides is 2. The van der Waals surface area contributed by atoms with Crippen LogP contribution in [0.3, 0.4) is 0 Å². The maximum Gasteiger partial charge on any atom is 0.407 e. The fraction of sp³-hybridized carbons (Fsp3) is 0.333. The van der Waals surface area contributed by atoms with Crippen LogP contribution in [0.1, 0.15) is 54.5 Å². The molecule has 2 aliphatic rings. The first-order valence-electron chi connectivity index (χ1n) is 15.7. The first kappa shape index (κ1) is 30.9. The molecule has 2 aromatic carbocycles. The Morgan fingerprint density at radius 1 is 0.913 bits per heavy atom. The SMILES string of the molecule is COC(=O)NCC(=O)NC/C(=C\Cc1ncc(-c2ccc(C#Cc3ccc(-c4cnc(C5CCCN5C)[nH]4)cc3)cc2)[nH]1)C1CC1. The molecule has 2 aromatic heterocycles. The molecule has 6 rings (SSSR count). The topological polar surface area (TPSA) is 128 Å². The van der Waals surface area contributed by atoms with Gasteiger partial charge in [-0.2, -0.15) is 0 Å². The number of hydrogen-bond acceptors (Lipinski definition) is 6. The van der Waals surface area contributed by atoms with Gasteiger partial charge in [0.1, 0.15) is 18.2 Å². The number of carbonyl (C=O) groups excluding carboxylic acids is 2. The van der Waals surface area contributed by atoms with Crippen LogP contribution < -0.4 is 10.6 Å². The van der Waals surface area contributed by atoms with E-state index < -0.39 is 6.09 Å². The average molecular weight is 618 g/mol. The van der Waals surface area contributed by atoms with Crippen molar-refractivity contribution in [3.8, 4) is 34.4 Å². The lowest BCUT2D eigenvalue weighted by atomic mass is 10.1. The molecule has 10 nitrogen and oxygen atoms in total. The number of rotatable bonds is 10. The second-order valence-electron chi connectivity index (χ2n) is 11.8. The van der Waals surface area contributed by atoms with Gasteiger partial charge in [-0.1, -0.05) is 47.8 Å². The van der Waals surface area contributed by atoms with Crippen LogP contribution in [0.15, 0.2) is 72.6 Å². The molecule has 4 N–H and O–H groups in total. The molecular weight excluding hydrogens is 578 g/mol. The van der Waals surface area contributed by atoms with Gasteiger partial charge in [-0.3, -0.25) is 9.69 Å². The molecule has 0 bridgehead atoms. The quantitative estimate of drug-likeness (QED) is 0.147. The number of imidazole rings is 2. The summed E-state index contributed by atoms with van der Waals surface area (Å²) in [6, 6.07) is 16.8. The third-order valence-electron chi connectivity index (χ3n) is 8.53. The minimum absolute atomic E-state index is 0.115. The number of aromatic nitrogens is 4. The lowest BCUT2D eigenvalue weighted by Crippen LogP contribution is -2.37. The fourth-order valence-electron chi connectivity index (χ4n) is 5.68. The number of ether oxygens (including phenoxy) is 1. The molecule has 2 amide bonds. The van der Waals surface area contributed by atoms with Crippen molar-refractivity contribution >= 4 is 12.0 Å². The van der Waals surface area contributed by atoms with E-state index in [2.05, 4.69) is 77.3 Å². The molecule has 1 atom stereocenters. The lowest BCUT2D eigenvalue weighted by molar-refractivity contribution is -0.120. The maximum atomic E-state index is 12.0. The minimum Gasteiger partial charge on any atom is -0.453 e. The molecule has 1 saturated carbocycles. The maximum absolute atomic E-state index is 12.0. The zero-order valence-corrected chi connectivity index (χ0v) is 26.2. The number of benzene rings is 2. The van der Waals surface area contributed by atoms with E-state index >= 15 is 0 Å². The number of alkyl carbamates (subject to hydrolysis) is 1. The summed E-state index contributed by atoms with van der Waals surface area (Å²) in [4.78, 5) is 41.7. The van der Waals surface area contributed by atoms with Crippen molar-refractivity contribution in [3.05, 3.63) is 95.3 Å². The number of aromatic amines is 2. The van der Waals surface area contributed by atoms with Gasteiger partial charge in [-0.25, -0.2) is 14.8 Å². The first-order chi connectivity index (χ1) is 22.4. The largest absolute Gasteiger partial charge is 0.453 e. The first-order valence-corrected chi connectivity index (χ1v) is 15.7. The Morgan fingerprint density at radius 3 is 2.17 bits per heavy atom. The van der Waals surface area contributed by atoms with Crippen LogP contribution in [-0.4, -0.2) is 70.6 Å². The molecule has 1 unspecified atom stereocenters. The molecular formula is C36H39N7O3. The van der Waals surface area contributed by atoms with Gasteiger partial charge in [-0.15, -0.1) is 0 Å². The summed E-state index contributed by atoms with van der Waals surface area (Å²) < 4.78 is 4.50. The highest BCUT2D eigenvalue weighted by Gasteiger charge is 2.26. The van der Waals surface area contributed by atoms with Gasteiger partial charge < -0.3 is 25.3 Å². The average Bonchev–Trinajstić information content (AvgIpc) is 3.41. The minimum atomic E-state index is -0.627. The van der Waals surface area contributed by atoms with E-state index in [1.54, 1.807) is 0 Å². The number of methoxy groups -OCH3 is 1. The predicted molar refractivity (Wildman–Crippen MR) is 177 cm³/mol. The molecule has 10 heteroatoms. The van der Waals surface area contributed by atoms with Crippen LogP contribution in [0.25, 0.3) is 22.5 Å². The Balaban J connectivity index is 1.02. The van der Waals surface area contributed by atoms with Crippen molar-refractivity contribution in [3.63, 3.8) is 0 Å². The smallest absolute Gasteiger partial charge is 0.407 e. The van der Waals surface area contributed by atoms with Gasteiger partial charge in [0, 0.05) is 24.1 Å². The number of likely N-dealkylation sites (tertiary alicyclic amines) is 1. The van der Waals surface area contributed by atoms with Crippen molar-refractivity contribution in [2.24, 2.45) is 5.92 Å². The Kier molecular flexibility index (Phi) is 9.60. The van der Waals surface area contributed by atoms with Crippen LogP contribution in [0, 0.1) is 17.8 Å². The Bertz CT molecular complexity index is 1760. The normalized spacial score (nSPS) is 16.5. The van der Waals surface area contributed by atoms with Crippen molar-refractivity contribution in [2.75, 3.05) is 33.8 Å². The summed E-state index contributed by atoms with van der Waals surface area (Å²) in [5.41, 5.74) is 7.18. The molecule has 3 heterocycles. The molecule has 1 saturated heterocycles. The van der Waals surface area contributed by atoms with Gasteiger partial charge in [0.05, 0.1) is 36.9 Å². The Morgan fingerprint density at radius 2 is 1.57 bits per heavy atom.